The monoisotopic (exact) mass is 533 g/mol. The van der Waals surface area contributed by atoms with Crippen molar-refractivity contribution in [3.8, 4) is 0 Å². The smallest absolute Gasteiger partial charge is 0.328 e. The van der Waals surface area contributed by atoms with E-state index in [1.54, 1.807) is 11.4 Å². The normalized spacial score (nSPS) is 23.0. The Balaban J connectivity index is 1.79. The minimum atomic E-state index is -3.78. The molecule has 2 aliphatic rings. The first kappa shape index (κ1) is 26.4. The number of aliphatic carboxylic acids is 1. The van der Waals surface area contributed by atoms with Gasteiger partial charge in [0.1, 0.15) is 16.3 Å². The zero-order valence-electron chi connectivity index (χ0n) is 18.5. The molecule has 2 aliphatic heterocycles. The van der Waals surface area contributed by atoms with E-state index in [1.807, 2.05) is 0 Å². The number of carbonyl (C=O) groups is 4. The highest BCUT2D eigenvalue weighted by molar-refractivity contribution is 8.00. The lowest BCUT2D eigenvalue weighted by molar-refractivity contribution is -0.155. The second-order valence-electron chi connectivity index (χ2n) is 7.98. The Morgan fingerprint density at radius 2 is 1.94 bits per heavy atom. The number of piperidine rings is 1. The van der Waals surface area contributed by atoms with Crippen molar-refractivity contribution in [2.75, 3.05) is 31.7 Å². The Bertz CT molecular complexity index is 1010. The molecule has 0 radical (unpaired) electrons. The molecule has 3 rings (SSSR count). The van der Waals surface area contributed by atoms with Gasteiger partial charge >= 0.3 is 11.9 Å². The Morgan fingerprint density at radius 1 is 1.18 bits per heavy atom. The summed E-state index contributed by atoms with van der Waals surface area (Å²) in [7, 11) is -2.53. The van der Waals surface area contributed by atoms with Crippen molar-refractivity contribution in [3.05, 3.63) is 17.5 Å². The van der Waals surface area contributed by atoms with Gasteiger partial charge < -0.3 is 19.6 Å². The summed E-state index contributed by atoms with van der Waals surface area (Å²) in [6.45, 7) is 0.452. The van der Waals surface area contributed by atoms with Gasteiger partial charge in [-0.15, -0.1) is 23.1 Å². The first-order valence-corrected chi connectivity index (χ1v) is 14.2. The number of methoxy groups -OCH3 is 1. The van der Waals surface area contributed by atoms with Gasteiger partial charge in [0.2, 0.25) is 21.8 Å². The number of nitrogens with one attached hydrogen (secondary N) is 1. The van der Waals surface area contributed by atoms with Gasteiger partial charge in [0, 0.05) is 19.1 Å². The number of hydrogen-bond donors (Lipinski definition) is 2. The largest absolute Gasteiger partial charge is 0.481 e. The van der Waals surface area contributed by atoms with E-state index in [4.69, 9.17) is 9.84 Å². The fourth-order valence-corrected chi connectivity index (χ4v) is 7.12. The summed E-state index contributed by atoms with van der Waals surface area (Å²) in [5, 5.41) is 10.5. The van der Waals surface area contributed by atoms with Gasteiger partial charge in [0.25, 0.3) is 0 Å². The van der Waals surface area contributed by atoms with Gasteiger partial charge in [0.05, 0.1) is 18.6 Å². The van der Waals surface area contributed by atoms with Crippen LogP contribution in [0.1, 0.15) is 25.7 Å². The molecule has 0 aliphatic carbocycles. The highest BCUT2D eigenvalue weighted by atomic mass is 32.2. The van der Waals surface area contributed by atoms with Crippen LogP contribution in [0.2, 0.25) is 0 Å². The summed E-state index contributed by atoms with van der Waals surface area (Å²) < 4.78 is 33.0. The molecule has 3 heterocycles. The van der Waals surface area contributed by atoms with Crippen LogP contribution in [0.25, 0.3) is 0 Å². The van der Waals surface area contributed by atoms with Gasteiger partial charge in [-0.3, -0.25) is 14.4 Å². The number of sulfonamides is 1. The number of carboxylic acids is 1. The number of carboxylic acid groups (broad SMARTS) is 1. The number of likely N-dealkylation sites (tertiary alicyclic amines) is 2. The molecule has 34 heavy (non-hydrogen) atoms. The topological polar surface area (TPSA) is 150 Å². The summed E-state index contributed by atoms with van der Waals surface area (Å²) >= 11 is 2.00. The van der Waals surface area contributed by atoms with Crippen LogP contribution in [0, 0.1) is 0 Å². The first-order chi connectivity index (χ1) is 16.1. The van der Waals surface area contributed by atoms with Gasteiger partial charge in [-0.25, -0.2) is 17.9 Å². The fourth-order valence-electron chi connectivity index (χ4n) is 4.21. The van der Waals surface area contributed by atoms with Gasteiger partial charge in [-0.1, -0.05) is 6.07 Å². The minimum absolute atomic E-state index is 0.0448. The van der Waals surface area contributed by atoms with Crippen molar-refractivity contribution in [2.45, 2.75) is 48.0 Å². The Kier molecular flexibility index (Phi) is 8.95. The lowest BCUT2D eigenvalue weighted by atomic mass is 9.96. The number of carbonyl (C=O) groups excluding carboxylic acids is 3. The van der Waals surface area contributed by atoms with Gasteiger partial charge in [-0.05, 0) is 37.1 Å². The molecule has 14 heteroatoms. The summed E-state index contributed by atoms with van der Waals surface area (Å²) in [6.07, 6.45) is 1.39. The maximum absolute atomic E-state index is 13.5. The molecule has 1 aromatic rings. The van der Waals surface area contributed by atoms with Crippen molar-refractivity contribution in [3.63, 3.8) is 0 Å². The third-order valence-corrected chi connectivity index (χ3v) is 9.57. The number of nitrogens with zero attached hydrogens (tertiary/aromatic N) is 2. The SMILES string of the molecule is COC(=O)C1CCCN1C(=O)C1CC(NS(=O)(=O)c2cccs2)CCN1C(=O)CSCC(=O)O. The number of thiophene rings is 1. The lowest BCUT2D eigenvalue weighted by Crippen LogP contribution is -2.59. The standard InChI is InChI=1S/C20H27N3O8S3/c1-31-20(28)14-4-2-7-23(14)19(27)15-10-13(21-34(29,30)18-5-3-9-33-18)6-8-22(15)16(24)11-32-12-17(25)26/h3,5,9,13-15,21H,2,4,6-8,10-12H2,1H3,(H,25,26). The molecule has 0 saturated carbocycles. The van der Waals surface area contributed by atoms with Crippen LogP contribution < -0.4 is 4.72 Å². The number of ether oxygens (including phenoxy) is 1. The number of amides is 2. The van der Waals surface area contributed by atoms with Gasteiger partial charge in [-0.2, -0.15) is 0 Å². The van der Waals surface area contributed by atoms with Crippen LogP contribution in [0.3, 0.4) is 0 Å². The molecule has 2 saturated heterocycles. The highest BCUT2D eigenvalue weighted by Gasteiger charge is 2.43. The fraction of sp³-hybridized carbons (Fsp3) is 0.600. The van der Waals surface area contributed by atoms with Gasteiger partial charge in [0.15, 0.2) is 0 Å². The zero-order valence-corrected chi connectivity index (χ0v) is 21.0. The van der Waals surface area contributed by atoms with Crippen LogP contribution in [0.15, 0.2) is 21.7 Å². The first-order valence-electron chi connectivity index (χ1n) is 10.7. The van der Waals surface area contributed by atoms with E-state index < -0.39 is 51.9 Å². The van der Waals surface area contributed by atoms with Crippen molar-refractivity contribution < 1.29 is 37.4 Å². The van der Waals surface area contributed by atoms with Crippen molar-refractivity contribution in [1.29, 1.82) is 0 Å². The molecule has 188 valence electrons. The molecule has 2 fully saturated rings. The Morgan fingerprint density at radius 3 is 2.59 bits per heavy atom. The van der Waals surface area contributed by atoms with Crippen molar-refractivity contribution in [1.82, 2.24) is 14.5 Å². The number of rotatable bonds is 9. The van der Waals surface area contributed by atoms with E-state index in [0.717, 1.165) is 23.1 Å². The predicted octanol–water partition coefficient (Wildman–Crippen LogP) is 0.368. The third-order valence-electron chi connectivity index (χ3n) is 5.75. The molecule has 3 atom stereocenters. The van der Waals surface area contributed by atoms with E-state index in [9.17, 15) is 27.6 Å². The minimum Gasteiger partial charge on any atom is -0.481 e. The van der Waals surface area contributed by atoms with E-state index in [2.05, 4.69) is 4.72 Å². The maximum Gasteiger partial charge on any atom is 0.328 e. The molecule has 0 bridgehead atoms. The molecule has 11 nitrogen and oxygen atoms in total. The lowest BCUT2D eigenvalue weighted by Gasteiger charge is -2.40. The maximum atomic E-state index is 13.5. The molecule has 1 aromatic heterocycles. The molecule has 0 spiro atoms. The molecule has 2 amide bonds. The summed E-state index contributed by atoms with van der Waals surface area (Å²) in [6, 6.07) is 0.795. The number of thioether (sulfide) groups is 1. The van der Waals surface area contributed by atoms with Crippen LogP contribution in [-0.2, 0) is 33.9 Å². The van der Waals surface area contributed by atoms with Crippen LogP contribution >= 0.6 is 23.1 Å². The average molecular weight is 534 g/mol. The molecular formula is C20H27N3O8S3. The van der Waals surface area contributed by atoms with E-state index >= 15 is 0 Å². The summed E-state index contributed by atoms with van der Waals surface area (Å²) in [4.78, 5) is 52.1. The van der Waals surface area contributed by atoms with Crippen LogP contribution in [-0.4, -0.2) is 96.9 Å². The number of esters is 1. The average Bonchev–Trinajstić information content (AvgIpc) is 3.50. The molecule has 3 unspecified atom stereocenters. The predicted molar refractivity (Wildman–Crippen MR) is 125 cm³/mol. The molecular weight excluding hydrogens is 506 g/mol. The number of hydrogen-bond acceptors (Lipinski definition) is 9. The van der Waals surface area contributed by atoms with E-state index in [-0.39, 0.29) is 28.7 Å². The van der Waals surface area contributed by atoms with Crippen molar-refractivity contribution >= 4 is 56.9 Å². The van der Waals surface area contributed by atoms with Crippen LogP contribution in [0.4, 0.5) is 0 Å². The zero-order chi connectivity index (χ0) is 24.9. The second kappa shape index (κ2) is 11.5. The Labute approximate surface area is 205 Å². The molecule has 2 N–H and O–H groups in total. The summed E-state index contributed by atoms with van der Waals surface area (Å²) in [5.74, 6) is -2.81. The Hall–Kier alpha value is -2.16. The molecule has 0 aromatic carbocycles. The second-order valence-corrected chi connectivity index (χ2v) is 11.9. The van der Waals surface area contributed by atoms with E-state index in [0.29, 0.717) is 25.8 Å². The third kappa shape index (κ3) is 6.29. The van der Waals surface area contributed by atoms with E-state index in [1.165, 1.54) is 23.0 Å². The summed E-state index contributed by atoms with van der Waals surface area (Å²) in [5.41, 5.74) is 0. The highest BCUT2D eigenvalue weighted by Crippen LogP contribution is 2.27. The van der Waals surface area contributed by atoms with Crippen LogP contribution in [0.5, 0.6) is 0 Å². The quantitative estimate of drug-likeness (QED) is 0.429. The van der Waals surface area contributed by atoms with Crippen molar-refractivity contribution in [2.24, 2.45) is 0 Å².